The number of aliphatic carboxylic acids is 1. The van der Waals surface area contributed by atoms with Crippen LogP contribution in [0.1, 0.15) is 18.0 Å². The molecule has 2 aromatic rings. The maximum absolute atomic E-state index is 12.8. The Labute approximate surface area is 194 Å². The molecule has 1 saturated heterocycles. The molecule has 0 bridgehead atoms. The predicted molar refractivity (Wildman–Crippen MR) is 117 cm³/mol. The van der Waals surface area contributed by atoms with Gasteiger partial charge in [0.1, 0.15) is 28.2 Å². The molecule has 3 atom stereocenters. The van der Waals surface area contributed by atoms with Gasteiger partial charge in [-0.05, 0) is 19.4 Å². The number of nitrogens with zero attached hydrogens (tertiary/aromatic N) is 5. The van der Waals surface area contributed by atoms with Crippen molar-refractivity contribution < 1.29 is 19.5 Å². The number of aryl methyl sites for hydroxylation is 1. The molecule has 0 radical (unpaired) electrons. The summed E-state index contributed by atoms with van der Waals surface area (Å²) in [6.07, 6.45) is 2.94. The Morgan fingerprint density at radius 1 is 1.45 bits per heavy atom. The largest absolute Gasteiger partial charge is 0.477 e. The number of halogens is 1. The van der Waals surface area contributed by atoms with E-state index >= 15 is 0 Å². The lowest BCUT2D eigenvalue weighted by Gasteiger charge is -2.49. The van der Waals surface area contributed by atoms with Crippen molar-refractivity contribution >= 4 is 64.2 Å². The number of hydrogen-bond acceptors (Lipinski definition) is 9. The highest BCUT2D eigenvalue weighted by Gasteiger charge is 2.54. The molecule has 0 aromatic carbocycles. The summed E-state index contributed by atoms with van der Waals surface area (Å²) in [6, 6.07) is -1.46. The van der Waals surface area contributed by atoms with Crippen molar-refractivity contribution in [3.05, 3.63) is 33.7 Å². The highest BCUT2D eigenvalue weighted by molar-refractivity contribution is 8.01. The van der Waals surface area contributed by atoms with E-state index in [4.69, 9.17) is 11.6 Å². The number of carbonyl (C=O) groups excluding carboxylic acids is 2. The Morgan fingerprint density at radius 3 is 2.84 bits per heavy atom. The van der Waals surface area contributed by atoms with Crippen LogP contribution in [0.2, 0.25) is 5.02 Å². The van der Waals surface area contributed by atoms with Gasteiger partial charge in [-0.15, -0.1) is 22.0 Å². The Balaban J connectivity index is 1.45. The number of carboxylic acids is 1. The number of hydrogen-bond donors (Lipinski definition) is 2. The molecule has 2 aromatic heterocycles. The quantitative estimate of drug-likeness (QED) is 0.431. The summed E-state index contributed by atoms with van der Waals surface area (Å²) in [4.78, 5) is 38.5. The molecular formula is C17H17ClN6O4S3. The van der Waals surface area contributed by atoms with E-state index < -0.39 is 35.2 Å². The zero-order valence-electron chi connectivity index (χ0n) is 16.3. The van der Waals surface area contributed by atoms with Crippen molar-refractivity contribution in [3.8, 4) is 0 Å². The van der Waals surface area contributed by atoms with Gasteiger partial charge in [0.05, 0.1) is 11.2 Å². The highest BCUT2D eigenvalue weighted by Crippen LogP contribution is 2.41. The molecule has 2 N–H and O–H groups in total. The van der Waals surface area contributed by atoms with Crippen LogP contribution in [-0.2, 0) is 14.4 Å². The number of rotatable bonds is 7. The summed E-state index contributed by atoms with van der Waals surface area (Å²) in [6.45, 7) is 3.49. The summed E-state index contributed by atoms with van der Waals surface area (Å²) in [5.74, 6) is -1.16. The van der Waals surface area contributed by atoms with Gasteiger partial charge >= 0.3 is 5.97 Å². The monoisotopic (exact) mass is 500 g/mol. The van der Waals surface area contributed by atoms with Crippen molar-refractivity contribution in [3.63, 3.8) is 0 Å². The van der Waals surface area contributed by atoms with E-state index in [0.717, 1.165) is 9.35 Å². The molecule has 2 amide bonds. The standard InChI is InChI=1S/C17H17ClN6O4S3/c1-7(23-4-10(18)3-19-23)13(25)20-11-14(26)24-12(16(27)28)9(5-29-15(11)24)6-30-17-22-21-8(2)31-17/h3-4,7,11,15H,5-6H2,1-2H3,(H,20,25)(H,27,28)/t7-,11+,15+/m1/s1. The van der Waals surface area contributed by atoms with Crippen LogP contribution in [0.25, 0.3) is 0 Å². The Hall–Kier alpha value is -2.09. The van der Waals surface area contributed by atoms with Crippen LogP contribution in [0.5, 0.6) is 0 Å². The Kier molecular flexibility index (Phi) is 6.28. The molecule has 14 heteroatoms. The third-order valence-corrected chi connectivity index (χ3v) is 8.36. The zero-order chi connectivity index (χ0) is 22.3. The molecule has 0 unspecified atom stereocenters. The van der Waals surface area contributed by atoms with E-state index in [1.54, 1.807) is 6.92 Å². The number of amides is 2. The van der Waals surface area contributed by atoms with E-state index in [1.165, 1.54) is 56.8 Å². The maximum Gasteiger partial charge on any atom is 0.352 e. The number of fused-ring (bicyclic) bond motifs is 1. The summed E-state index contributed by atoms with van der Waals surface area (Å²) >= 11 is 10.1. The van der Waals surface area contributed by atoms with Crippen molar-refractivity contribution in [2.75, 3.05) is 11.5 Å². The minimum atomic E-state index is -1.16. The molecule has 0 saturated carbocycles. The third kappa shape index (κ3) is 4.31. The molecule has 31 heavy (non-hydrogen) atoms. The lowest BCUT2D eigenvalue weighted by atomic mass is 10.0. The van der Waals surface area contributed by atoms with E-state index in [9.17, 15) is 19.5 Å². The molecule has 164 valence electrons. The van der Waals surface area contributed by atoms with E-state index in [2.05, 4.69) is 20.6 Å². The van der Waals surface area contributed by atoms with Gasteiger partial charge in [0.2, 0.25) is 5.91 Å². The van der Waals surface area contributed by atoms with Gasteiger partial charge in [-0.3, -0.25) is 19.2 Å². The van der Waals surface area contributed by atoms with Gasteiger partial charge in [-0.1, -0.05) is 34.7 Å². The van der Waals surface area contributed by atoms with Crippen molar-refractivity contribution in [1.29, 1.82) is 0 Å². The van der Waals surface area contributed by atoms with Crippen LogP contribution in [0, 0.1) is 6.92 Å². The number of carbonyl (C=O) groups is 3. The molecule has 2 aliphatic rings. The van der Waals surface area contributed by atoms with Gasteiger partial charge < -0.3 is 10.4 Å². The molecule has 2 aliphatic heterocycles. The number of thioether (sulfide) groups is 2. The van der Waals surface area contributed by atoms with Gasteiger partial charge in [-0.25, -0.2) is 4.79 Å². The van der Waals surface area contributed by atoms with Crippen molar-refractivity contribution in [1.82, 2.24) is 30.2 Å². The normalized spacial score (nSPS) is 21.5. The maximum atomic E-state index is 12.8. The average molecular weight is 501 g/mol. The minimum Gasteiger partial charge on any atom is -0.477 e. The van der Waals surface area contributed by atoms with Gasteiger partial charge in [0.15, 0.2) is 4.34 Å². The first-order valence-electron chi connectivity index (χ1n) is 9.09. The molecule has 0 aliphatic carbocycles. The molecular weight excluding hydrogens is 484 g/mol. The van der Waals surface area contributed by atoms with Gasteiger partial charge in [0, 0.05) is 17.7 Å². The van der Waals surface area contributed by atoms with Crippen LogP contribution < -0.4 is 5.32 Å². The zero-order valence-corrected chi connectivity index (χ0v) is 19.5. The summed E-state index contributed by atoms with van der Waals surface area (Å²) in [5, 5.41) is 25.2. The number of β-lactam (4-membered cyclic amide) rings is 1. The fraction of sp³-hybridized carbons (Fsp3) is 0.412. The first kappa shape index (κ1) is 22.1. The number of aromatic nitrogens is 4. The summed E-state index contributed by atoms with van der Waals surface area (Å²) in [5.41, 5.74) is 0.629. The first-order valence-corrected chi connectivity index (χ1v) is 12.3. The van der Waals surface area contributed by atoms with Gasteiger partial charge in [-0.2, -0.15) is 5.10 Å². The molecule has 4 rings (SSSR count). The lowest BCUT2D eigenvalue weighted by Crippen LogP contribution is -2.71. The van der Waals surface area contributed by atoms with Crippen LogP contribution in [-0.4, -0.2) is 70.7 Å². The van der Waals surface area contributed by atoms with Crippen LogP contribution in [0.15, 0.2) is 28.0 Å². The molecule has 4 heterocycles. The van der Waals surface area contributed by atoms with E-state index in [-0.39, 0.29) is 5.70 Å². The fourth-order valence-electron chi connectivity index (χ4n) is 3.20. The minimum absolute atomic E-state index is 0.0140. The topological polar surface area (TPSA) is 130 Å². The van der Waals surface area contributed by atoms with Crippen molar-refractivity contribution in [2.24, 2.45) is 0 Å². The summed E-state index contributed by atoms with van der Waals surface area (Å²) < 4.78 is 2.15. The fourth-order valence-corrected chi connectivity index (χ4v) is 6.64. The van der Waals surface area contributed by atoms with Crippen LogP contribution in [0.3, 0.4) is 0 Å². The second-order valence-electron chi connectivity index (χ2n) is 6.84. The highest BCUT2D eigenvalue weighted by atomic mass is 35.5. The van der Waals surface area contributed by atoms with Gasteiger partial charge in [0.25, 0.3) is 5.91 Å². The smallest absolute Gasteiger partial charge is 0.352 e. The van der Waals surface area contributed by atoms with Crippen LogP contribution in [0.4, 0.5) is 0 Å². The lowest BCUT2D eigenvalue weighted by molar-refractivity contribution is -0.151. The average Bonchev–Trinajstić information content (AvgIpc) is 3.36. The molecule has 10 nitrogen and oxygen atoms in total. The SMILES string of the molecule is Cc1nnc(SCC2=C(C(=O)O)N3C(=O)[C@H](NC(=O)[C@@H](C)n4cc(Cl)cn4)[C@@H]3SC2)s1. The van der Waals surface area contributed by atoms with Crippen molar-refractivity contribution in [2.45, 2.75) is 35.6 Å². The number of carboxylic acid groups (broad SMARTS) is 1. The third-order valence-electron chi connectivity index (χ3n) is 4.77. The Morgan fingerprint density at radius 2 is 2.23 bits per heavy atom. The first-order chi connectivity index (χ1) is 14.8. The second-order valence-corrected chi connectivity index (χ2v) is 10.8. The second kappa shape index (κ2) is 8.81. The predicted octanol–water partition coefficient (Wildman–Crippen LogP) is 1.79. The summed E-state index contributed by atoms with van der Waals surface area (Å²) in [7, 11) is 0. The molecule has 0 spiro atoms. The van der Waals surface area contributed by atoms with Crippen LogP contribution >= 0.6 is 46.5 Å². The molecule has 1 fully saturated rings. The van der Waals surface area contributed by atoms with E-state index in [1.807, 2.05) is 6.92 Å². The van der Waals surface area contributed by atoms with E-state index in [0.29, 0.717) is 22.1 Å². The number of nitrogens with one attached hydrogen (secondary N) is 1. The Bertz CT molecular complexity index is 1090.